The zero-order valence-corrected chi connectivity index (χ0v) is 8.35. The van der Waals surface area contributed by atoms with Crippen molar-refractivity contribution in [3.63, 3.8) is 0 Å². The first kappa shape index (κ1) is 11.4. The predicted molar refractivity (Wildman–Crippen MR) is 48.8 cm³/mol. The average Bonchev–Trinajstić information content (AvgIpc) is 1.97. The summed E-state index contributed by atoms with van der Waals surface area (Å²) < 4.78 is 0. The van der Waals surface area contributed by atoms with Crippen LogP contribution >= 0.6 is 0 Å². The Balaban J connectivity index is 3.73. The first-order valence-electron chi connectivity index (χ1n) is 4.38. The summed E-state index contributed by atoms with van der Waals surface area (Å²) in [6.07, 6.45) is 1.03. The van der Waals surface area contributed by atoms with E-state index in [2.05, 4.69) is 19.2 Å². The van der Waals surface area contributed by atoms with Gasteiger partial charge in [-0.1, -0.05) is 20.3 Å². The number of aliphatic hydroxyl groups is 1. The standard InChI is InChI=1S/C9H19NO2/c1-5-7(2)6-10-8(11)9(3,4)12/h7,12H,5-6H2,1-4H3,(H,10,11). The van der Waals surface area contributed by atoms with Crippen LogP contribution in [-0.4, -0.2) is 23.2 Å². The number of nitrogens with one attached hydrogen (secondary N) is 1. The van der Waals surface area contributed by atoms with E-state index in [1.165, 1.54) is 13.8 Å². The maximum absolute atomic E-state index is 11.1. The second-order valence-corrected chi connectivity index (χ2v) is 3.78. The molecule has 0 saturated carbocycles. The van der Waals surface area contributed by atoms with Crippen molar-refractivity contribution in [3.8, 4) is 0 Å². The van der Waals surface area contributed by atoms with Crippen molar-refractivity contribution in [2.75, 3.05) is 6.54 Å². The molecule has 1 amide bonds. The molecular formula is C9H19NO2. The largest absolute Gasteiger partial charge is 0.381 e. The van der Waals surface area contributed by atoms with Gasteiger partial charge in [0.05, 0.1) is 0 Å². The second-order valence-electron chi connectivity index (χ2n) is 3.78. The fourth-order valence-electron chi connectivity index (χ4n) is 0.628. The van der Waals surface area contributed by atoms with Crippen LogP contribution in [-0.2, 0) is 4.79 Å². The van der Waals surface area contributed by atoms with E-state index >= 15 is 0 Å². The van der Waals surface area contributed by atoms with E-state index in [9.17, 15) is 9.90 Å². The van der Waals surface area contributed by atoms with Crippen molar-refractivity contribution in [3.05, 3.63) is 0 Å². The fourth-order valence-corrected chi connectivity index (χ4v) is 0.628. The molecule has 0 saturated heterocycles. The molecule has 0 fully saturated rings. The van der Waals surface area contributed by atoms with Crippen LogP contribution in [0.15, 0.2) is 0 Å². The molecule has 3 nitrogen and oxygen atoms in total. The monoisotopic (exact) mass is 173 g/mol. The molecule has 0 aromatic carbocycles. The maximum Gasteiger partial charge on any atom is 0.251 e. The van der Waals surface area contributed by atoms with Crippen LogP contribution in [0.4, 0.5) is 0 Å². The Kier molecular flexibility index (Phi) is 4.24. The molecular weight excluding hydrogens is 154 g/mol. The molecule has 0 aliphatic carbocycles. The van der Waals surface area contributed by atoms with Crippen molar-refractivity contribution in [1.82, 2.24) is 5.32 Å². The smallest absolute Gasteiger partial charge is 0.251 e. The van der Waals surface area contributed by atoms with Gasteiger partial charge in [0.1, 0.15) is 5.60 Å². The van der Waals surface area contributed by atoms with Gasteiger partial charge in [-0.05, 0) is 19.8 Å². The minimum Gasteiger partial charge on any atom is -0.381 e. The minimum atomic E-state index is -1.26. The van der Waals surface area contributed by atoms with Crippen LogP contribution in [0.5, 0.6) is 0 Å². The van der Waals surface area contributed by atoms with Crippen LogP contribution in [0.3, 0.4) is 0 Å². The summed E-state index contributed by atoms with van der Waals surface area (Å²) in [6.45, 7) is 7.74. The lowest BCUT2D eigenvalue weighted by molar-refractivity contribution is -0.136. The van der Waals surface area contributed by atoms with Gasteiger partial charge < -0.3 is 10.4 Å². The molecule has 1 unspecified atom stereocenters. The minimum absolute atomic E-state index is 0.303. The molecule has 1 atom stereocenters. The molecule has 0 rings (SSSR count). The summed E-state index contributed by atoms with van der Waals surface area (Å²) in [7, 11) is 0. The summed E-state index contributed by atoms with van der Waals surface area (Å²) >= 11 is 0. The molecule has 0 spiro atoms. The van der Waals surface area contributed by atoms with E-state index in [0.717, 1.165) is 6.42 Å². The normalized spacial score (nSPS) is 14.1. The Hall–Kier alpha value is -0.570. The highest BCUT2D eigenvalue weighted by Crippen LogP contribution is 2.02. The first-order valence-corrected chi connectivity index (χ1v) is 4.38. The van der Waals surface area contributed by atoms with Gasteiger partial charge >= 0.3 is 0 Å². The molecule has 2 N–H and O–H groups in total. The van der Waals surface area contributed by atoms with Crippen LogP contribution in [0, 0.1) is 5.92 Å². The summed E-state index contributed by atoms with van der Waals surface area (Å²) in [6, 6.07) is 0. The topological polar surface area (TPSA) is 49.3 Å². The SMILES string of the molecule is CCC(C)CNC(=O)C(C)(C)O. The molecule has 3 heteroatoms. The number of hydrogen-bond donors (Lipinski definition) is 2. The highest BCUT2D eigenvalue weighted by atomic mass is 16.3. The number of rotatable bonds is 4. The number of amides is 1. The van der Waals surface area contributed by atoms with Gasteiger partial charge in [-0.25, -0.2) is 0 Å². The average molecular weight is 173 g/mol. The van der Waals surface area contributed by atoms with Gasteiger partial charge in [0.25, 0.3) is 5.91 Å². The molecule has 0 aromatic rings. The summed E-state index contributed by atoms with van der Waals surface area (Å²) in [5.41, 5.74) is -1.26. The third-order valence-electron chi connectivity index (χ3n) is 1.86. The van der Waals surface area contributed by atoms with Crippen molar-refractivity contribution in [2.24, 2.45) is 5.92 Å². The maximum atomic E-state index is 11.1. The Labute approximate surface area is 74.2 Å². The molecule has 0 aliphatic heterocycles. The quantitative estimate of drug-likeness (QED) is 0.664. The first-order chi connectivity index (χ1) is 5.38. The summed E-state index contributed by atoms with van der Waals surface area (Å²) in [5, 5.41) is 11.9. The van der Waals surface area contributed by atoms with Gasteiger partial charge in [-0.2, -0.15) is 0 Å². The van der Waals surface area contributed by atoms with Crippen LogP contribution in [0.2, 0.25) is 0 Å². The van der Waals surface area contributed by atoms with Gasteiger partial charge in [0, 0.05) is 6.54 Å². The van der Waals surface area contributed by atoms with E-state index < -0.39 is 5.60 Å². The number of carbonyl (C=O) groups is 1. The summed E-state index contributed by atoms with van der Waals surface area (Å²) in [4.78, 5) is 11.1. The Morgan fingerprint density at radius 3 is 2.42 bits per heavy atom. The van der Waals surface area contributed by atoms with Gasteiger partial charge in [0.2, 0.25) is 0 Å². The highest BCUT2D eigenvalue weighted by Gasteiger charge is 2.23. The summed E-state index contributed by atoms with van der Waals surface area (Å²) in [5.74, 6) is 0.166. The van der Waals surface area contributed by atoms with Crippen LogP contribution < -0.4 is 5.32 Å². The van der Waals surface area contributed by atoms with Crippen molar-refractivity contribution in [2.45, 2.75) is 39.7 Å². The van der Waals surface area contributed by atoms with E-state index in [4.69, 9.17) is 0 Å². The predicted octanol–water partition coefficient (Wildman–Crippen LogP) is 0.920. The third kappa shape index (κ3) is 4.34. The Morgan fingerprint density at radius 2 is 2.08 bits per heavy atom. The van der Waals surface area contributed by atoms with E-state index in [1.54, 1.807) is 0 Å². The van der Waals surface area contributed by atoms with Gasteiger partial charge in [-0.3, -0.25) is 4.79 Å². The molecule has 0 aromatic heterocycles. The molecule has 12 heavy (non-hydrogen) atoms. The van der Waals surface area contributed by atoms with E-state index in [0.29, 0.717) is 12.5 Å². The molecule has 0 aliphatic rings. The molecule has 0 radical (unpaired) electrons. The van der Waals surface area contributed by atoms with Crippen molar-refractivity contribution >= 4 is 5.91 Å². The number of carbonyl (C=O) groups excluding carboxylic acids is 1. The zero-order valence-electron chi connectivity index (χ0n) is 8.35. The van der Waals surface area contributed by atoms with E-state index in [-0.39, 0.29) is 5.91 Å². The highest BCUT2D eigenvalue weighted by molar-refractivity contribution is 5.83. The number of hydrogen-bond acceptors (Lipinski definition) is 2. The lowest BCUT2D eigenvalue weighted by atomic mass is 10.1. The fraction of sp³-hybridized carbons (Fsp3) is 0.889. The third-order valence-corrected chi connectivity index (χ3v) is 1.86. The molecule has 0 heterocycles. The van der Waals surface area contributed by atoms with E-state index in [1.807, 2.05) is 0 Å². The second kappa shape index (κ2) is 4.45. The zero-order chi connectivity index (χ0) is 9.78. The Morgan fingerprint density at radius 1 is 1.58 bits per heavy atom. The van der Waals surface area contributed by atoms with Crippen LogP contribution in [0.25, 0.3) is 0 Å². The lowest BCUT2D eigenvalue weighted by Crippen LogP contribution is -2.43. The van der Waals surface area contributed by atoms with Gasteiger partial charge in [0.15, 0.2) is 0 Å². The molecule has 0 bridgehead atoms. The lowest BCUT2D eigenvalue weighted by Gasteiger charge is -2.18. The Bertz CT molecular complexity index is 149. The van der Waals surface area contributed by atoms with Crippen molar-refractivity contribution in [1.29, 1.82) is 0 Å². The van der Waals surface area contributed by atoms with Gasteiger partial charge in [-0.15, -0.1) is 0 Å². The van der Waals surface area contributed by atoms with Crippen molar-refractivity contribution < 1.29 is 9.90 Å². The van der Waals surface area contributed by atoms with Crippen LogP contribution in [0.1, 0.15) is 34.1 Å². The molecule has 72 valence electrons.